The highest BCUT2D eigenvalue weighted by atomic mass is 32.2. The fourth-order valence-corrected chi connectivity index (χ4v) is 6.73. The molecular weight excluding hydrogens is 532 g/mol. The summed E-state index contributed by atoms with van der Waals surface area (Å²) in [5, 5.41) is 21.4. The van der Waals surface area contributed by atoms with E-state index in [1.54, 1.807) is 23.5 Å². The van der Waals surface area contributed by atoms with E-state index in [9.17, 15) is 29.8 Å². The average molecular weight is 555 g/mol. The second-order valence-electron chi connectivity index (χ2n) is 8.29. The Hall–Kier alpha value is -3.90. The van der Waals surface area contributed by atoms with Gasteiger partial charge >= 0.3 is 11.9 Å². The Balaban J connectivity index is 1.41. The number of nitro benzene ring substituents is 2. The molecule has 12 heteroatoms. The summed E-state index contributed by atoms with van der Waals surface area (Å²) in [5.74, 6) is -0.496. The van der Waals surface area contributed by atoms with E-state index in [-0.39, 0.29) is 38.9 Å². The van der Waals surface area contributed by atoms with E-state index in [0.29, 0.717) is 6.42 Å². The lowest BCUT2D eigenvalue weighted by Crippen LogP contribution is -2.29. The minimum atomic E-state index is -0.638. The molecule has 0 aliphatic carbocycles. The lowest BCUT2D eigenvalue weighted by molar-refractivity contribution is -0.385. The summed E-state index contributed by atoms with van der Waals surface area (Å²) in [4.78, 5) is 46.0. The van der Waals surface area contributed by atoms with E-state index < -0.39 is 27.9 Å². The molecule has 0 saturated carbocycles. The lowest BCUT2D eigenvalue weighted by Gasteiger charge is -2.19. The van der Waals surface area contributed by atoms with Gasteiger partial charge in [0.2, 0.25) is 0 Å². The van der Waals surface area contributed by atoms with Gasteiger partial charge in [-0.3, -0.25) is 20.2 Å². The van der Waals surface area contributed by atoms with Crippen LogP contribution < -0.4 is 0 Å². The first-order valence-electron chi connectivity index (χ1n) is 11.5. The summed E-state index contributed by atoms with van der Waals surface area (Å²) in [5.41, 5.74) is 1.25. The predicted molar refractivity (Wildman–Crippen MR) is 143 cm³/mol. The Morgan fingerprint density at radius 2 is 1.39 bits per heavy atom. The monoisotopic (exact) mass is 554 g/mol. The number of hydrogen-bond donors (Lipinski definition) is 0. The van der Waals surface area contributed by atoms with Crippen LogP contribution in [0, 0.1) is 20.2 Å². The second kappa shape index (κ2) is 12.6. The summed E-state index contributed by atoms with van der Waals surface area (Å²) < 4.78 is 11.3. The Morgan fingerprint density at radius 1 is 0.842 bits per heavy atom. The molecule has 1 aliphatic rings. The molecule has 38 heavy (non-hydrogen) atoms. The van der Waals surface area contributed by atoms with Gasteiger partial charge in [0.25, 0.3) is 11.4 Å². The lowest BCUT2D eigenvalue weighted by atomic mass is 10.2. The maximum Gasteiger partial charge on any atom is 0.338 e. The fraction of sp³-hybridized carbons (Fsp3) is 0.231. The number of nitrogens with zero attached hydrogens (tertiary/aromatic N) is 2. The number of non-ortho nitro benzene ring substituents is 2. The van der Waals surface area contributed by atoms with Crippen LogP contribution in [0.1, 0.15) is 32.7 Å². The summed E-state index contributed by atoms with van der Waals surface area (Å²) in [6, 6.07) is 20.2. The topological polar surface area (TPSA) is 139 Å². The molecule has 0 bridgehead atoms. The number of ether oxygens (including phenoxy) is 2. The van der Waals surface area contributed by atoms with Crippen molar-refractivity contribution in [2.24, 2.45) is 0 Å². The normalized spacial score (nSPS) is 18.5. The molecule has 1 fully saturated rings. The van der Waals surface area contributed by atoms with Crippen molar-refractivity contribution in [3.05, 3.63) is 116 Å². The van der Waals surface area contributed by atoms with Gasteiger partial charge in [0.15, 0.2) is 0 Å². The first kappa shape index (κ1) is 27.1. The number of hydrogen-bond acceptors (Lipinski definition) is 10. The molecular formula is C26H22N2O8S2. The van der Waals surface area contributed by atoms with Crippen molar-refractivity contribution in [1.82, 2.24) is 0 Å². The fourth-order valence-electron chi connectivity index (χ4n) is 3.71. The molecule has 1 heterocycles. The van der Waals surface area contributed by atoms with Gasteiger partial charge in [-0.15, -0.1) is 23.5 Å². The van der Waals surface area contributed by atoms with E-state index in [1.165, 1.54) is 48.5 Å². The zero-order valence-corrected chi connectivity index (χ0v) is 21.5. The average Bonchev–Trinajstić information content (AvgIpc) is 3.32. The van der Waals surface area contributed by atoms with Crippen LogP contribution in [0.15, 0.2) is 78.9 Å². The van der Waals surface area contributed by atoms with Crippen LogP contribution in [0.25, 0.3) is 0 Å². The number of carbonyl (C=O) groups excluding carboxylic acids is 2. The summed E-state index contributed by atoms with van der Waals surface area (Å²) in [6.07, 6.45) is -0.0266. The van der Waals surface area contributed by atoms with Crippen LogP contribution in [-0.4, -0.2) is 44.3 Å². The molecule has 0 spiro atoms. The summed E-state index contributed by atoms with van der Waals surface area (Å²) >= 11 is 3.25. The molecule has 4 rings (SSSR count). The van der Waals surface area contributed by atoms with Gasteiger partial charge in [-0.25, -0.2) is 9.59 Å². The number of thioether (sulfide) groups is 2. The van der Waals surface area contributed by atoms with Crippen molar-refractivity contribution in [3.8, 4) is 0 Å². The first-order valence-corrected chi connectivity index (χ1v) is 13.5. The highest BCUT2D eigenvalue weighted by Gasteiger charge is 2.39. The number of rotatable bonds is 10. The van der Waals surface area contributed by atoms with E-state index >= 15 is 0 Å². The van der Waals surface area contributed by atoms with Gasteiger partial charge in [-0.2, -0.15) is 0 Å². The van der Waals surface area contributed by atoms with Crippen molar-refractivity contribution in [2.45, 2.75) is 28.1 Å². The molecule has 1 saturated heterocycles. The molecule has 3 atom stereocenters. The van der Waals surface area contributed by atoms with Gasteiger partial charge in [-0.05, 0) is 29.8 Å². The molecule has 0 radical (unpaired) electrons. The molecule has 196 valence electrons. The van der Waals surface area contributed by atoms with Crippen LogP contribution in [-0.2, 0) is 15.2 Å². The number of carbonyl (C=O) groups is 2. The summed E-state index contributed by atoms with van der Waals surface area (Å²) in [6.45, 7) is -0.0267. The summed E-state index contributed by atoms with van der Waals surface area (Å²) in [7, 11) is 0. The third-order valence-corrected chi connectivity index (χ3v) is 8.80. The van der Waals surface area contributed by atoms with Crippen LogP contribution in [0.2, 0.25) is 0 Å². The SMILES string of the molecule is O=C(OC[C@H]1SC(SCc2ccccc2)C[C@@H]1OC(=O)c1ccc([N+](=O)[O-])cc1)c1ccc([N+](=O)[O-])cc1. The molecule has 1 aliphatic heterocycles. The van der Waals surface area contributed by atoms with E-state index in [1.807, 2.05) is 30.3 Å². The van der Waals surface area contributed by atoms with E-state index in [2.05, 4.69) is 0 Å². The second-order valence-corrected chi connectivity index (χ2v) is 11.2. The highest BCUT2D eigenvalue weighted by Crippen LogP contribution is 2.43. The van der Waals surface area contributed by atoms with Crippen molar-refractivity contribution in [3.63, 3.8) is 0 Å². The number of esters is 2. The van der Waals surface area contributed by atoms with Crippen molar-refractivity contribution >= 4 is 46.8 Å². The number of nitro groups is 2. The molecule has 10 nitrogen and oxygen atoms in total. The molecule has 3 aromatic rings. The maximum absolute atomic E-state index is 12.8. The van der Waals surface area contributed by atoms with Crippen LogP contribution in [0.3, 0.4) is 0 Å². The molecule has 0 N–H and O–H groups in total. The highest BCUT2D eigenvalue weighted by molar-refractivity contribution is 8.17. The number of benzene rings is 3. The van der Waals surface area contributed by atoms with Gasteiger partial charge in [0.05, 0.1) is 30.8 Å². The van der Waals surface area contributed by atoms with Gasteiger partial charge in [0.1, 0.15) is 12.7 Å². The van der Waals surface area contributed by atoms with Gasteiger partial charge < -0.3 is 9.47 Å². The van der Waals surface area contributed by atoms with Gasteiger partial charge in [0, 0.05) is 36.4 Å². The Labute approximate surface area is 226 Å². The van der Waals surface area contributed by atoms with E-state index in [0.717, 1.165) is 11.3 Å². The standard InChI is InChI=1S/C26H22N2O8S2/c29-25(18-6-10-20(11-7-18)27(31)32)35-15-23-22(14-24(38-23)37-16-17-4-2-1-3-5-17)36-26(30)19-8-12-21(13-9-19)28(33)34/h1-13,22-24H,14-16H2/t22-,23+,24?/m0/s1. The minimum absolute atomic E-state index is 0.0267. The largest absolute Gasteiger partial charge is 0.461 e. The van der Waals surface area contributed by atoms with Crippen LogP contribution in [0.4, 0.5) is 11.4 Å². The maximum atomic E-state index is 12.8. The zero-order valence-electron chi connectivity index (χ0n) is 19.8. The first-order chi connectivity index (χ1) is 18.3. The van der Waals surface area contributed by atoms with E-state index in [4.69, 9.17) is 9.47 Å². The quantitative estimate of drug-likeness (QED) is 0.175. The van der Waals surface area contributed by atoms with Crippen LogP contribution >= 0.6 is 23.5 Å². The van der Waals surface area contributed by atoms with Crippen molar-refractivity contribution in [1.29, 1.82) is 0 Å². The van der Waals surface area contributed by atoms with Crippen molar-refractivity contribution < 1.29 is 28.9 Å². The molecule has 0 aromatic heterocycles. The van der Waals surface area contributed by atoms with Gasteiger partial charge in [-0.1, -0.05) is 30.3 Å². The molecule has 1 unspecified atom stereocenters. The molecule has 3 aromatic carbocycles. The van der Waals surface area contributed by atoms with Crippen molar-refractivity contribution in [2.75, 3.05) is 6.61 Å². The molecule has 0 amide bonds. The zero-order chi connectivity index (χ0) is 27.1. The predicted octanol–water partition coefficient (Wildman–Crippen LogP) is 5.65. The van der Waals surface area contributed by atoms with Crippen LogP contribution in [0.5, 0.6) is 0 Å². The Bertz CT molecular complexity index is 1300. The Morgan fingerprint density at radius 3 is 1.95 bits per heavy atom. The minimum Gasteiger partial charge on any atom is -0.461 e. The third-order valence-electron chi connectivity index (χ3n) is 5.71. The Kier molecular flexibility index (Phi) is 8.98. The third kappa shape index (κ3) is 7.11. The smallest absolute Gasteiger partial charge is 0.338 e.